The van der Waals surface area contributed by atoms with E-state index in [-0.39, 0.29) is 5.41 Å². The number of thiophene rings is 3. The molecule has 0 saturated heterocycles. The number of fused-ring (bicyclic) bond motifs is 10. The van der Waals surface area contributed by atoms with Gasteiger partial charge >= 0.3 is 5.97 Å². The highest BCUT2D eigenvalue weighted by Gasteiger charge is 2.33. The smallest absolute Gasteiger partial charge is 0.335 e. The fraction of sp³-hybridized carbons (Fsp3) is 0.0926. The standard InChI is InChI=1S/C54H39NO2S6/c1-2-50(56)57-35-28-27-34-13-9-20-43(42(34)29-35)55-30-54(31-58-47-24-10-17-39-36-14-3-6-21-44(36)61-51(39)47,32-59-48-25-11-18-40-37-15-4-7-22-45(37)62-52(40)48)33-60-49-26-12-19-41-38-16-5-8-23-46(38)63-53(41)49/h2-29,55H,1,30-33H2. The predicted molar refractivity (Wildman–Crippen MR) is 281 cm³/mol. The minimum atomic E-state index is -0.471. The Morgan fingerprint density at radius 2 is 0.968 bits per heavy atom. The summed E-state index contributed by atoms with van der Waals surface area (Å²) in [6.07, 6.45) is 1.20. The Labute approximate surface area is 390 Å². The molecule has 0 bridgehead atoms. The van der Waals surface area contributed by atoms with E-state index in [9.17, 15) is 4.79 Å². The first kappa shape index (κ1) is 40.5. The first-order valence-electron chi connectivity index (χ1n) is 20.7. The SMILES string of the molecule is C=CC(=O)Oc1ccc2cccc(NCC(CSc3cccc4c3sc3ccccc34)(CSc3cccc4c3sc3ccccc34)CSc3cccc4c3sc3ccccc34)c2c1. The third kappa shape index (κ3) is 7.90. The van der Waals surface area contributed by atoms with Crippen molar-refractivity contribution in [3.63, 3.8) is 0 Å². The Balaban J connectivity index is 1.02. The zero-order valence-corrected chi connectivity index (χ0v) is 38.9. The fourth-order valence-corrected chi connectivity index (χ4v) is 16.6. The van der Waals surface area contributed by atoms with Crippen LogP contribution in [-0.2, 0) is 4.79 Å². The number of benzene rings is 8. The zero-order chi connectivity index (χ0) is 42.3. The lowest BCUT2D eigenvalue weighted by molar-refractivity contribution is -0.128. The van der Waals surface area contributed by atoms with Crippen LogP contribution < -0.4 is 10.1 Å². The normalized spacial score (nSPS) is 12.1. The third-order valence-corrected chi connectivity index (χ3v) is 19.9. The molecular weight excluding hydrogens is 887 g/mol. The number of carbonyl (C=O) groups is 1. The maximum Gasteiger partial charge on any atom is 0.335 e. The highest BCUT2D eigenvalue weighted by atomic mass is 32.2. The van der Waals surface area contributed by atoms with Crippen LogP contribution in [0.3, 0.4) is 0 Å². The Morgan fingerprint density at radius 1 is 0.524 bits per heavy atom. The summed E-state index contributed by atoms with van der Waals surface area (Å²) in [4.78, 5) is 16.2. The van der Waals surface area contributed by atoms with E-state index in [1.807, 2.05) is 87.5 Å². The lowest BCUT2D eigenvalue weighted by Gasteiger charge is -2.34. The highest BCUT2D eigenvalue weighted by Crippen LogP contribution is 2.47. The summed E-state index contributed by atoms with van der Waals surface area (Å²) in [7, 11) is 0. The summed E-state index contributed by atoms with van der Waals surface area (Å²) in [5, 5.41) is 14.0. The van der Waals surface area contributed by atoms with Gasteiger partial charge in [0.25, 0.3) is 0 Å². The van der Waals surface area contributed by atoms with Crippen LogP contribution in [0.15, 0.2) is 191 Å². The molecular formula is C54H39NO2S6. The molecule has 0 radical (unpaired) electrons. The van der Waals surface area contributed by atoms with Crippen LogP contribution in [-0.4, -0.2) is 29.8 Å². The predicted octanol–water partition coefficient (Wildman–Crippen LogP) is 16.8. The van der Waals surface area contributed by atoms with E-state index in [0.29, 0.717) is 5.75 Å². The Kier molecular flexibility index (Phi) is 11.2. The van der Waals surface area contributed by atoms with Gasteiger partial charge in [0.1, 0.15) is 5.75 Å². The molecule has 1 N–H and O–H groups in total. The number of nitrogens with one attached hydrogen (secondary N) is 1. The molecule has 0 aliphatic carbocycles. The largest absolute Gasteiger partial charge is 0.423 e. The van der Waals surface area contributed by atoms with Crippen LogP contribution in [0.5, 0.6) is 5.75 Å². The molecule has 0 unspecified atom stereocenters. The van der Waals surface area contributed by atoms with Gasteiger partial charge in [-0.2, -0.15) is 0 Å². The van der Waals surface area contributed by atoms with Crippen molar-refractivity contribution in [3.05, 3.63) is 176 Å². The molecule has 0 atom stereocenters. The van der Waals surface area contributed by atoms with Crippen LogP contribution >= 0.6 is 69.3 Å². The molecule has 308 valence electrons. The lowest BCUT2D eigenvalue weighted by atomic mass is 9.95. The van der Waals surface area contributed by atoms with Crippen molar-refractivity contribution >= 4 is 152 Å². The molecule has 0 aliphatic heterocycles. The lowest BCUT2D eigenvalue weighted by Crippen LogP contribution is -2.37. The van der Waals surface area contributed by atoms with E-state index >= 15 is 0 Å². The van der Waals surface area contributed by atoms with Gasteiger partial charge in [-0.1, -0.05) is 116 Å². The molecule has 63 heavy (non-hydrogen) atoms. The topological polar surface area (TPSA) is 38.3 Å². The van der Waals surface area contributed by atoms with Gasteiger partial charge < -0.3 is 10.1 Å². The second-order valence-corrected chi connectivity index (χ2v) is 21.9. The van der Waals surface area contributed by atoms with Gasteiger partial charge in [-0.3, -0.25) is 0 Å². The van der Waals surface area contributed by atoms with Crippen LogP contribution in [0, 0.1) is 5.41 Å². The van der Waals surface area contributed by atoms with Gasteiger partial charge in [0, 0.05) is 122 Å². The second-order valence-electron chi connectivity index (χ2n) is 15.7. The molecule has 8 aromatic carbocycles. The molecule has 11 rings (SSSR count). The van der Waals surface area contributed by atoms with Crippen molar-refractivity contribution < 1.29 is 9.53 Å². The number of thioether (sulfide) groups is 3. The second kappa shape index (κ2) is 17.4. The van der Waals surface area contributed by atoms with Crippen LogP contribution in [0.25, 0.3) is 71.3 Å². The van der Waals surface area contributed by atoms with Crippen molar-refractivity contribution in [2.24, 2.45) is 5.41 Å². The summed E-state index contributed by atoms with van der Waals surface area (Å²) in [6.45, 7) is 4.33. The highest BCUT2D eigenvalue weighted by molar-refractivity contribution is 8.01. The Bertz CT molecular complexity index is 3250. The van der Waals surface area contributed by atoms with E-state index in [1.165, 1.54) is 81.3 Å². The van der Waals surface area contributed by atoms with E-state index in [2.05, 4.69) is 157 Å². The maximum absolute atomic E-state index is 12.3. The molecule has 0 spiro atoms. The van der Waals surface area contributed by atoms with Crippen molar-refractivity contribution in [3.8, 4) is 5.75 Å². The van der Waals surface area contributed by atoms with Crippen molar-refractivity contribution in [2.75, 3.05) is 29.1 Å². The quantitative estimate of drug-likeness (QED) is 0.0507. The molecule has 9 heteroatoms. The number of esters is 1. The van der Waals surface area contributed by atoms with E-state index in [1.54, 1.807) is 0 Å². The van der Waals surface area contributed by atoms with Gasteiger partial charge in [-0.25, -0.2) is 4.79 Å². The van der Waals surface area contributed by atoms with Crippen molar-refractivity contribution in [1.29, 1.82) is 0 Å². The summed E-state index contributed by atoms with van der Waals surface area (Å²) in [5.41, 5.74) is 0.796. The Morgan fingerprint density at radius 3 is 1.44 bits per heavy atom. The first-order valence-corrected chi connectivity index (χ1v) is 26.1. The Hall–Kier alpha value is -5.26. The minimum Gasteiger partial charge on any atom is -0.423 e. The number of hydrogen-bond acceptors (Lipinski definition) is 9. The van der Waals surface area contributed by atoms with E-state index in [4.69, 9.17) is 4.74 Å². The van der Waals surface area contributed by atoms with E-state index < -0.39 is 5.97 Å². The van der Waals surface area contributed by atoms with Crippen LogP contribution in [0.1, 0.15) is 0 Å². The van der Waals surface area contributed by atoms with Gasteiger partial charge in [0.2, 0.25) is 0 Å². The molecule has 11 aromatic rings. The number of rotatable bonds is 14. The van der Waals surface area contributed by atoms with Gasteiger partial charge in [0.05, 0.1) is 0 Å². The zero-order valence-electron chi connectivity index (χ0n) is 34.0. The molecule has 0 aliphatic rings. The molecule has 0 saturated carbocycles. The van der Waals surface area contributed by atoms with Crippen molar-refractivity contribution in [2.45, 2.75) is 14.7 Å². The molecule has 3 heterocycles. The molecule has 3 nitrogen and oxygen atoms in total. The number of anilines is 1. The molecule has 3 aromatic heterocycles. The summed E-state index contributed by atoms with van der Waals surface area (Å²) in [6, 6.07) is 59.0. The molecule has 0 fully saturated rings. The average Bonchev–Trinajstić information content (AvgIpc) is 4.03. The number of carbonyl (C=O) groups excluding carboxylic acids is 1. The number of hydrogen-bond donors (Lipinski definition) is 1. The third-order valence-electron chi connectivity index (χ3n) is 11.6. The minimum absolute atomic E-state index is 0.217. The summed E-state index contributed by atoms with van der Waals surface area (Å²) >= 11 is 11.7. The van der Waals surface area contributed by atoms with Gasteiger partial charge in [0.15, 0.2) is 0 Å². The van der Waals surface area contributed by atoms with Crippen LogP contribution in [0.2, 0.25) is 0 Å². The van der Waals surface area contributed by atoms with Gasteiger partial charge in [-0.15, -0.1) is 69.3 Å². The van der Waals surface area contributed by atoms with Gasteiger partial charge in [-0.05, 0) is 60.0 Å². The first-order chi connectivity index (χ1) is 31.0. The monoisotopic (exact) mass is 925 g/mol. The average molecular weight is 926 g/mol. The maximum atomic E-state index is 12.3. The fourth-order valence-electron chi connectivity index (χ4n) is 8.39. The van der Waals surface area contributed by atoms with E-state index in [0.717, 1.165) is 40.3 Å². The number of ether oxygens (including phenoxy) is 1. The summed E-state index contributed by atoms with van der Waals surface area (Å²) < 4.78 is 13.6. The van der Waals surface area contributed by atoms with Crippen LogP contribution in [0.4, 0.5) is 5.69 Å². The van der Waals surface area contributed by atoms with Crippen molar-refractivity contribution in [1.82, 2.24) is 0 Å². The summed E-state index contributed by atoms with van der Waals surface area (Å²) in [5.74, 6) is 2.71. The molecule has 0 amide bonds.